The molecular weight excluding hydrogens is 278 g/mol. The number of hydrogen-bond acceptors (Lipinski definition) is 1. The van der Waals surface area contributed by atoms with Gasteiger partial charge in [0.1, 0.15) is 0 Å². The Morgan fingerprint density at radius 3 is 1.70 bits per heavy atom. The zero-order valence-corrected chi connectivity index (χ0v) is 14.8. The summed E-state index contributed by atoms with van der Waals surface area (Å²) in [4.78, 5) is 0. The third kappa shape index (κ3) is 6.19. The summed E-state index contributed by atoms with van der Waals surface area (Å²) < 4.78 is 0. The summed E-state index contributed by atoms with van der Waals surface area (Å²) in [5.41, 5.74) is 2.92. The molecule has 0 amide bonds. The smallest absolute Gasteiger partial charge is 0.00261 e. The highest BCUT2D eigenvalue weighted by atomic mass is 14.8. The zero-order valence-electron chi connectivity index (χ0n) is 14.8. The van der Waals surface area contributed by atoms with Crippen LogP contribution in [0.3, 0.4) is 0 Å². The van der Waals surface area contributed by atoms with Crippen molar-refractivity contribution in [3.63, 3.8) is 0 Å². The standard InChI is InChI=1S/C22H31N/c1-18(17-23-3)14-19(2)22(15-20-10-6-4-7-11-20)16-21-12-8-5-9-13-21/h4-13,18-19,22-23H,14-17H2,1-3H3. The van der Waals surface area contributed by atoms with Crippen LogP contribution in [0.2, 0.25) is 0 Å². The van der Waals surface area contributed by atoms with Crippen LogP contribution in [0.1, 0.15) is 31.4 Å². The van der Waals surface area contributed by atoms with Gasteiger partial charge >= 0.3 is 0 Å². The van der Waals surface area contributed by atoms with Gasteiger partial charge in [-0.25, -0.2) is 0 Å². The number of nitrogens with one attached hydrogen (secondary N) is 1. The summed E-state index contributed by atoms with van der Waals surface area (Å²) in [6, 6.07) is 21.9. The first-order valence-electron chi connectivity index (χ1n) is 8.91. The lowest BCUT2D eigenvalue weighted by Gasteiger charge is -2.27. The number of rotatable bonds is 9. The van der Waals surface area contributed by atoms with Crippen LogP contribution in [0, 0.1) is 17.8 Å². The van der Waals surface area contributed by atoms with Crippen molar-refractivity contribution < 1.29 is 0 Å². The molecule has 0 aliphatic carbocycles. The van der Waals surface area contributed by atoms with Gasteiger partial charge in [0, 0.05) is 0 Å². The summed E-state index contributed by atoms with van der Waals surface area (Å²) in [7, 11) is 2.05. The van der Waals surface area contributed by atoms with Crippen molar-refractivity contribution in [3.8, 4) is 0 Å². The molecule has 124 valence electrons. The molecule has 2 aromatic carbocycles. The quantitative estimate of drug-likeness (QED) is 0.689. The third-order valence-corrected chi connectivity index (χ3v) is 4.81. The first kappa shape index (κ1) is 17.7. The van der Waals surface area contributed by atoms with Crippen LogP contribution in [0.5, 0.6) is 0 Å². The second-order valence-corrected chi connectivity index (χ2v) is 7.02. The van der Waals surface area contributed by atoms with E-state index in [4.69, 9.17) is 0 Å². The van der Waals surface area contributed by atoms with E-state index in [1.54, 1.807) is 0 Å². The summed E-state index contributed by atoms with van der Waals surface area (Å²) >= 11 is 0. The molecule has 1 nitrogen and oxygen atoms in total. The number of hydrogen-bond donors (Lipinski definition) is 1. The fourth-order valence-corrected chi connectivity index (χ4v) is 3.57. The van der Waals surface area contributed by atoms with Crippen molar-refractivity contribution in [2.75, 3.05) is 13.6 Å². The topological polar surface area (TPSA) is 12.0 Å². The molecule has 0 aliphatic heterocycles. The fourth-order valence-electron chi connectivity index (χ4n) is 3.57. The van der Waals surface area contributed by atoms with Gasteiger partial charge in [-0.3, -0.25) is 0 Å². The SMILES string of the molecule is CNCC(C)CC(C)C(Cc1ccccc1)Cc1ccccc1. The van der Waals surface area contributed by atoms with Crippen LogP contribution in [0.4, 0.5) is 0 Å². The van der Waals surface area contributed by atoms with Crippen LogP contribution in [-0.2, 0) is 12.8 Å². The molecule has 0 bridgehead atoms. The van der Waals surface area contributed by atoms with Gasteiger partial charge in [0.25, 0.3) is 0 Å². The monoisotopic (exact) mass is 309 g/mol. The molecule has 2 aromatic rings. The Morgan fingerprint density at radius 2 is 1.26 bits per heavy atom. The van der Waals surface area contributed by atoms with E-state index in [-0.39, 0.29) is 0 Å². The van der Waals surface area contributed by atoms with Gasteiger partial charge in [0.2, 0.25) is 0 Å². The predicted octanol–water partition coefficient (Wildman–Crippen LogP) is 4.97. The molecule has 0 aromatic heterocycles. The highest BCUT2D eigenvalue weighted by molar-refractivity contribution is 5.18. The Hall–Kier alpha value is -1.60. The molecule has 23 heavy (non-hydrogen) atoms. The maximum atomic E-state index is 3.31. The fraction of sp³-hybridized carbons (Fsp3) is 0.455. The van der Waals surface area contributed by atoms with Crippen molar-refractivity contribution in [2.24, 2.45) is 17.8 Å². The average Bonchev–Trinajstić information content (AvgIpc) is 2.56. The molecule has 0 radical (unpaired) electrons. The summed E-state index contributed by atoms with van der Waals surface area (Å²) in [5.74, 6) is 2.14. The maximum Gasteiger partial charge on any atom is -0.00261 e. The Kier molecular flexibility index (Phi) is 7.35. The molecule has 1 N–H and O–H groups in total. The summed E-state index contributed by atoms with van der Waals surface area (Å²) in [6.45, 7) is 5.89. The average molecular weight is 309 g/mol. The van der Waals surface area contributed by atoms with Crippen molar-refractivity contribution in [1.29, 1.82) is 0 Å². The summed E-state index contributed by atoms with van der Waals surface area (Å²) in [6.07, 6.45) is 3.62. The Labute approximate surface area is 142 Å². The van der Waals surface area contributed by atoms with E-state index in [2.05, 4.69) is 79.8 Å². The van der Waals surface area contributed by atoms with Crippen molar-refractivity contribution >= 4 is 0 Å². The minimum absolute atomic E-state index is 0.694. The van der Waals surface area contributed by atoms with Crippen LogP contribution >= 0.6 is 0 Å². The largest absolute Gasteiger partial charge is 0.319 e. The normalized spacial score (nSPS) is 13.9. The van der Waals surface area contributed by atoms with E-state index in [0.29, 0.717) is 5.92 Å². The predicted molar refractivity (Wildman–Crippen MR) is 101 cm³/mol. The van der Waals surface area contributed by atoms with Crippen LogP contribution in [0.15, 0.2) is 60.7 Å². The highest BCUT2D eigenvalue weighted by Crippen LogP contribution is 2.27. The van der Waals surface area contributed by atoms with Crippen LogP contribution in [0.25, 0.3) is 0 Å². The maximum absolute atomic E-state index is 3.31. The first-order valence-corrected chi connectivity index (χ1v) is 8.91. The third-order valence-electron chi connectivity index (χ3n) is 4.81. The van der Waals surface area contributed by atoms with E-state index in [1.807, 2.05) is 7.05 Å². The van der Waals surface area contributed by atoms with E-state index >= 15 is 0 Å². The highest BCUT2D eigenvalue weighted by Gasteiger charge is 2.20. The van der Waals surface area contributed by atoms with Gasteiger partial charge < -0.3 is 5.32 Å². The molecule has 0 fully saturated rings. The van der Waals surface area contributed by atoms with E-state index in [0.717, 1.165) is 18.4 Å². The van der Waals surface area contributed by atoms with Gasteiger partial charge in [-0.2, -0.15) is 0 Å². The minimum Gasteiger partial charge on any atom is -0.319 e. The van der Waals surface area contributed by atoms with Crippen LogP contribution in [-0.4, -0.2) is 13.6 Å². The van der Waals surface area contributed by atoms with Gasteiger partial charge in [-0.1, -0.05) is 74.5 Å². The number of benzene rings is 2. The molecule has 0 saturated carbocycles. The molecular formula is C22H31N. The molecule has 2 rings (SSSR count). The minimum atomic E-state index is 0.694. The zero-order chi connectivity index (χ0) is 16.5. The Bertz CT molecular complexity index is 493. The first-order chi connectivity index (χ1) is 11.2. The Morgan fingerprint density at radius 1 is 0.783 bits per heavy atom. The van der Waals surface area contributed by atoms with Gasteiger partial charge in [-0.15, -0.1) is 0 Å². The van der Waals surface area contributed by atoms with E-state index < -0.39 is 0 Å². The van der Waals surface area contributed by atoms with Gasteiger partial charge in [-0.05, 0) is 61.7 Å². The van der Waals surface area contributed by atoms with Crippen molar-refractivity contribution in [3.05, 3.63) is 71.8 Å². The summed E-state index contributed by atoms with van der Waals surface area (Å²) in [5, 5.41) is 3.31. The van der Waals surface area contributed by atoms with E-state index in [1.165, 1.54) is 30.4 Å². The lowest BCUT2D eigenvalue weighted by molar-refractivity contribution is 0.288. The second-order valence-electron chi connectivity index (χ2n) is 7.02. The van der Waals surface area contributed by atoms with Crippen LogP contribution < -0.4 is 5.32 Å². The lowest BCUT2D eigenvalue weighted by atomic mass is 9.79. The molecule has 0 aliphatic rings. The molecule has 0 heterocycles. The Balaban J connectivity index is 2.06. The van der Waals surface area contributed by atoms with Gasteiger partial charge in [0.15, 0.2) is 0 Å². The molecule has 1 heteroatoms. The molecule has 2 unspecified atom stereocenters. The van der Waals surface area contributed by atoms with Crippen molar-refractivity contribution in [1.82, 2.24) is 5.32 Å². The van der Waals surface area contributed by atoms with Gasteiger partial charge in [0.05, 0.1) is 0 Å². The molecule has 0 saturated heterocycles. The lowest BCUT2D eigenvalue weighted by Crippen LogP contribution is -2.24. The molecule has 2 atom stereocenters. The van der Waals surface area contributed by atoms with E-state index in [9.17, 15) is 0 Å². The second kappa shape index (κ2) is 9.52. The van der Waals surface area contributed by atoms with Crippen molar-refractivity contribution in [2.45, 2.75) is 33.1 Å². The molecule has 0 spiro atoms.